The molecule has 3 rings (SSSR count). The Morgan fingerprint density at radius 2 is 2.08 bits per heavy atom. The minimum Gasteiger partial charge on any atom is -0.314 e. The van der Waals surface area contributed by atoms with Crippen LogP contribution in [0.15, 0.2) is 24.4 Å². The summed E-state index contributed by atoms with van der Waals surface area (Å²) in [5.74, 6) is -0.133. The van der Waals surface area contributed by atoms with E-state index < -0.39 is 5.95 Å². The van der Waals surface area contributed by atoms with E-state index in [1.54, 1.807) is 23.1 Å². The van der Waals surface area contributed by atoms with Gasteiger partial charge in [-0.3, -0.25) is 5.32 Å². The molecule has 26 heavy (non-hydrogen) atoms. The molecule has 1 N–H and O–H groups in total. The zero-order chi connectivity index (χ0) is 18.8. The fourth-order valence-corrected chi connectivity index (χ4v) is 3.72. The summed E-state index contributed by atoms with van der Waals surface area (Å²) in [6, 6.07) is 4.30. The van der Waals surface area contributed by atoms with Crippen LogP contribution in [0.3, 0.4) is 0 Å². The Balaban J connectivity index is 1.93. The average molecular weight is 397 g/mol. The van der Waals surface area contributed by atoms with Gasteiger partial charge in [0.2, 0.25) is 5.95 Å². The van der Waals surface area contributed by atoms with Gasteiger partial charge in [-0.25, -0.2) is 14.8 Å². The number of nitrogens with zero attached hydrogens (tertiary/aromatic N) is 3. The average Bonchev–Trinajstić information content (AvgIpc) is 2.63. The number of anilines is 1. The predicted octanol–water partition coefficient (Wildman–Crippen LogP) is 5.24. The Labute approximate surface area is 161 Å². The number of halogens is 3. The highest BCUT2D eigenvalue weighted by molar-refractivity contribution is 6.41. The van der Waals surface area contributed by atoms with Gasteiger partial charge in [0, 0.05) is 17.8 Å². The second-order valence-electron chi connectivity index (χ2n) is 6.17. The Hall–Kier alpha value is -1.92. The van der Waals surface area contributed by atoms with Gasteiger partial charge in [-0.2, -0.15) is 4.39 Å². The first-order valence-corrected chi connectivity index (χ1v) is 9.26. The third-order valence-electron chi connectivity index (χ3n) is 4.70. The molecule has 1 aliphatic heterocycles. The number of amides is 2. The van der Waals surface area contributed by atoms with Crippen molar-refractivity contribution in [2.75, 3.05) is 5.32 Å². The molecule has 2 aromatic rings. The highest BCUT2D eigenvalue weighted by Gasteiger charge is 2.37. The van der Waals surface area contributed by atoms with Crippen molar-refractivity contribution in [3.63, 3.8) is 0 Å². The van der Waals surface area contributed by atoms with Crippen LogP contribution in [0.4, 0.5) is 15.0 Å². The van der Waals surface area contributed by atoms with Gasteiger partial charge in [-0.05, 0) is 43.0 Å². The summed E-state index contributed by atoms with van der Waals surface area (Å²) in [5, 5.41) is 3.22. The summed E-state index contributed by atoms with van der Waals surface area (Å²) < 4.78 is 14.2. The highest BCUT2D eigenvalue weighted by atomic mass is 35.5. The number of hydrogen-bond acceptors (Lipinski definition) is 3. The van der Waals surface area contributed by atoms with E-state index in [-0.39, 0.29) is 23.3 Å². The van der Waals surface area contributed by atoms with Crippen LogP contribution in [0.2, 0.25) is 10.2 Å². The standard InChI is InChI=1S/C18H19Cl2FN4O/c1-3-10-9-12-11(7-8-22-17(12)21)14(4-2)25(10)18(26)24-15-6-5-13(19)16(20)23-15/h5-8,10,14H,3-4,9H2,1-2H3,(H,23,24,26). The number of aromatic nitrogens is 2. The van der Waals surface area contributed by atoms with Crippen molar-refractivity contribution in [3.05, 3.63) is 51.6 Å². The van der Waals surface area contributed by atoms with Gasteiger partial charge in [0.05, 0.1) is 11.1 Å². The fourth-order valence-electron chi connectivity index (χ4n) is 3.46. The van der Waals surface area contributed by atoms with E-state index in [1.807, 2.05) is 13.8 Å². The van der Waals surface area contributed by atoms with E-state index >= 15 is 0 Å². The lowest BCUT2D eigenvalue weighted by Gasteiger charge is -2.42. The predicted molar refractivity (Wildman–Crippen MR) is 100 cm³/mol. The van der Waals surface area contributed by atoms with Crippen molar-refractivity contribution in [1.29, 1.82) is 0 Å². The molecule has 0 radical (unpaired) electrons. The van der Waals surface area contributed by atoms with E-state index in [0.29, 0.717) is 35.7 Å². The Morgan fingerprint density at radius 1 is 1.31 bits per heavy atom. The number of fused-ring (bicyclic) bond motifs is 1. The smallest absolute Gasteiger partial charge is 0.314 e. The Kier molecular flexibility index (Phi) is 5.63. The van der Waals surface area contributed by atoms with Gasteiger partial charge in [0.25, 0.3) is 0 Å². The van der Waals surface area contributed by atoms with Gasteiger partial charge in [-0.15, -0.1) is 0 Å². The zero-order valence-electron chi connectivity index (χ0n) is 14.5. The lowest BCUT2D eigenvalue weighted by atomic mass is 9.87. The molecule has 0 aliphatic carbocycles. The van der Waals surface area contributed by atoms with Gasteiger partial charge < -0.3 is 4.90 Å². The molecule has 0 fully saturated rings. The number of pyridine rings is 2. The molecular formula is C18H19Cl2FN4O. The maximum Gasteiger partial charge on any atom is 0.323 e. The number of hydrogen-bond donors (Lipinski definition) is 1. The lowest BCUT2D eigenvalue weighted by Crippen LogP contribution is -2.49. The summed E-state index contributed by atoms with van der Waals surface area (Å²) in [6.45, 7) is 3.96. The molecule has 8 heteroatoms. The third-order valence-corrected chi connectivity index (χ3v) is 5.39. The maximum absolute atomic E-state index is 14.2. The van der Waals surface area contributed by atoms with Crippen LogP contribution in [0.5, 0.6) is 0 Å². The van der Waals surface area contributed by atoms with E-state index in [9.17, 15) is 9.18 Å². The second-order valence-corrected chi connectivity index (χ2v) is 6.93. The van der Waals surface area contributed by atoms with Crippen molar-refractivity contribution in [1.82, 2.24) is 14.9 Å². The molecular weight excluding hydrogens is 378 g/mol. The lowest BCUT2D eigenvalue weighted by molar-refractivity contribution is 0.137. The van der Waals surface area contributed by atoms with Gasteiger partial charge in [0.15, 0.2) is 0 Å². The molecule has 0 saturated carbocycles. The summed E-state index contributed by atoms with van der Waals surface area (Å²) in [7, 11) is 0. The molecule has 2 atom stereocenters. The monoisotopic (exact) mass is 396 g/mol. The second kappa shape index (κ2) is 7.76. The van der Waals surface area contributed by atoms with Crippen molar-refractivity contribution in [2.45, 2.75) is 45.2 Å². The van der Waals surface area contributed by atoms with Crippen LogP contribution in [-0.2, 0) is 6.42 Å². The SMILES string of the molecule is CCC1Cc2c(ccnc2F)C(CC)N1C(=O)Nc1ccc(Cl)c(Cl)n1. The molecule has 0 aromatic carbocycles. The minimum absolute atomic E-state index is 0.126. The molecule has 0 bridgehead atoms. The third kappa shape index (κ3) is 3.48. The topological polar surface area (TPSA) is 58.1 Å². The first-order valence-electron chi connectivity index (χ1n) is 8.50. The van der Waals surface area contributed by atoms with E-state index in [2.05, 4.69) is 15.3 Å². The van der Waals surface area contributed by atoms with Crippen LogP contribution in [0.25, 0.3) is 0 Å². The number of carbonyl (C=O) groups excluding carboxylic acids is 1. The Bertz CT molecular complexity index is 833. The van der Waals surface area contributed by atoms with Crippen molar-refractivity contribution >= 4 is 35.1 Å². The first-order chi connectivity index (χ1) is 12.5. The molecule has 0 saturated heterocycles. The van der Waals surface area contributed by atoms with Crippen molar-refractivity contribution in [3.8, 4) is 0 Å². The van der Waals surface area contributed by atoms with E-state index in [1.165, 1.54) is 6.20 Å². The largest absolute Gasteiger partial charge is 0.323 e. The summed E-state index contributed by atoms with van der Waals surface area (Å²) in [4.78, 5) is 22.6. The number of carbonyl (C=O) groups is 1. The van der Waals surface area contributed by atoms with Crippen molar-refractivity contribution < 1.29 is 9.18 Å². The highest BCUT2D eigenvalue weighted by Crippen LogP contribution is 2.37. The van der Waals surface area contributed by atoms with Gasteiger partial charge in [-0.1, -0.05) is 37.0 Å². The quantitative estimate of drug-likeness (QED) is 0.721. The van der Waals surface area contributed by atoms with Gasteiger partial charge >= 0.3 is 6.03 Å². The number of urea groups is 1. The Morgan fingerprint density at radius 3 is 2.73 bits per heavy atom. The normalized spacial score (nSPS) is 19.2. The molecule has 1 aliphatic rings. The van der Waals surface area contributed by atoms with Crippen LogP contribution in [0, 0.1) is 5.95 Å². The van der Waals surface area contributed by atoms with Crippen LogP contribution in [-0.4, -0.2) is 26.9 Å². The minimum atomic E-state index is -0.453. The van der Waals surface area contributed by atoms with Crippen LogP contribution >= 0.6 is 23.2 Å². The van der Waals surface area contributed by atoms with E-state index in [4.69, 9.17) is 23.2 Å². The summed E-state index contributed by atoms with van der Waals surface area (Å²) >= 11 is 11.8. The van der Waals surface area contributed by atoms with Crippen LogP contribution in [0.1, 0.15) is 43.9 Å². The summed E-state index contributed by atoms with van der Waals surface area (Å²) in [5.41, 5.74) is 1.41. The fraction of sp³-hybridized carbons (Fsp3) is 0.389. The summed E-state index contributed by atoms with van der Waals surface area (Å²) in [6.07, 6.45) is 3.24. The molecule has 138 valence electrons. The molecule has 2 aromatic heterocycles. The zero-order valence-corrected chi connectivity index (χ0v) is 16.0. The van der Waals surface area contributed by atoms with Crippen molar-refractivity contribution in [2.24, 2.45) is 0 Å². The number of nitrogens with one attached hydrogen (secondary N) is 1. The maximum atomic E-state index is 14.2. The van der Waals surface area contributed by atoms with Gasteiger partial charge in [0.1, 0.15) is 11.0 Å². The molecule has 0 spiro atoms. The molecule has 2 amide bonds. The molecule has 3 heterocycles. The molecule has 2 unspecified atom stereocenters. The first kappa shape index (κ1) is 18.9. The van der Waals surface area contributed by atoms with E-state index in [0.717, 1.165) is 5.56 Å². The molecule has 5 nitrogen and oxygen atoms in total. The number of rotatable bonds is 3. The van der Waals surface area contributed by atoms with Crippen LogP contribution < -0.4 is 5.32 Å².